The van der Waals surface area contributed by atoms with E-state index in [0.717, 1.165) is 17.0 Å². The molecule has 1 aliphatic carbocycles. The van der Waals surface area contributed by atoms with Crippen molar-refractivity contribution in [3.8, 4) is 0 Å². The van der Waals surface area contributed by atoms with Crippen LogP contribution in [0.15, 0.2) is 17.7 Å². The number of nitrogens with one attached hydrogen (secondary N) is 2. The first-order valence-corrected chi connectivity index (χ1v) is 6.79. The molecule has 0 saturated carbocycles. The summed E-state index contributed by atoms with van der Waals surface area (Å²) in [6.07, 6.45) is 4.64. The van der Waals surface area contributed by atoms with Crippen molar-refractivity contribution in [3.05, 3.63) is 28.2 Å². The van der Waals surface area contributed by atoms with Gasteiger partial charge in [-0.15, -0.1) is 11.3 Å². The van der Waals surface area contributed by atoms with Gasteiger partial charge in [0.15, 0.2) is 0 Å². The number of urea groups is 1. The summed E-state index contributed by atoms with van der Waals surface area (Å²) in [5.74, 6) is 0.166. The summed E-state index contributed by atoms with van der Waals surface area (Å²) in [6, 6.07) is -0.166. The molecule has 2 rings (SSSR count). The summed E-state index contributed by atoms with van der Waals surface area (Å²) in [7, 11) is 0. The molecule has 0 bridgehead atoms. The van der Waals surface area contributed by atoms with Gasteiger partial charge in [0, 0.05) is 23.4 Å². The molecule has 1 aromatic heterocycles. The maximum Gasteiger partial charge on any atom is 0.315 e. The zero-order valence-corrected chi connectivity index (χ0v) is 11.0. The first-order valence-electron chi connectivity index (χ1n) is 5.91. The molecule has 18 heavy (non-hydrogen) atoms. The lowest BCUT2D eigenvalue weighted by atomic mass is 10.1. The van der Waals surface area contributed by atoms with Crippen molar-refractivity contribution in [2.45, 2.75) is 25.9 Å². The topological polar surface area (TPSA) is 74.2 Å². The van der Waals surface area contributed by atoms with E-state index in [1.807, 2.05) is 19.1 Å². The Morgan fingerprint density at radius 1 is 1.61 bits per heavy atom. The number of aromatic nitrogens is 1. The fraction of sp³-hybridized carbons (Fsp3) is 0.500. The summed E-state index contributed by atoms with van der Waals surface area (Å²) >= 11 is 1.54. The second-order valence-corrected chi connectivity index (χ2v) is 5.30. The Morgan fingerprint density at radius 3 is 3.06 bits per heavy atom. The van der Waals surface area contributed by atoms with E-state index in [9.17, 15) is 4.79 Å². The average molecular weight is 267 g/mol. The molecule has 1 aliphatic rings. The Bertz CT molecular complexity index is 444. The van der Waals surface area contributed by atoms with E-state index < -0.39 is 0 Å². The van der Waals surface area contributed by atoms with Gasteiger partial charge in [-0.3, -0.25) is 0 Å². The van der Waals surface area contributed by atoms with Gasteiger partial charge in [0.2, 0.25) is 0 Å². The summed E-state index contributed by atoms with van der Waals surface area (Å²) < 4.78 is 0. The van der Waals surface area contributed by atoms with Crippen LogP contribution >= 0.6 is 11.3 Å². The molecule has 0 unspecified atom stereocenters. The van der Waals surface area contributed by atoms with Crippen LogP contribution in [-0.4, -0.2) is 28.8 Å². The van der Waals surface area contributed by atoms with Crippen LogP contribution in [-0.2, 0) is 6.54 Å². The number of hydrogen-bond acceptors (Lipinski definition) is 4. The van der Waals surface area contributed by atoms with Gasteiger partial charge in [-0.2, -0.15) is 0 Å². The van der Waals surface area contributed by atoms with Crippen LogP contribution in [0.1, 0.15) is 17.0 Å². The molecule has 5 nitrogen and oxygen atoms in total. The molecule has 0 fully saturated rings. The van der Waals surface area contributed by atoms with Gasteiger partial charge < -0.3 is 15.7 Å². The van der Waals surface area contributed by atoms with Crippen molar-refractivity contribution in [1.29, 1.82) is 0 Å². The molecule has 0 spiro atoms. The van der Waals surface area contributed by atoms with Crippen LogP contribution < -0.4 is 10.6 Å². The van der Waals surface area contributed by atoms with Gasteiger partial charge in [0.1, 0.15) is 0 Å². The van der Waals surface area contributed by atoms with Crippen molar-refractivity contribution in [3.63, 3.8) is 0 Å². The van der Waals surface area contributed by atoms with E-state index in [4.69, 9.17) is 5.11 Å². The highest BCUT2D eigenvalue weighted by Gasteiger charge is 2.19. The molecule has 2 amide bonds. The smallest absolute Gasteiger partial charge is 0.315 e. The molecule has 0 aromatic carbocycles. The molecule has 0 saturated heterocycles. The molecule has 98 valence electrons. The second-order valence-electron chi connectivity index (χ2n) is 4.36. The van der Waals surface area contributed by atoms with E-state index in [1.54, 1.807) is 5.51 Å². The van der Waals surface area contributed by atoms with Gasteiger partial charge in [-0.05, 0) is 13.3 Å². The maximum atomic E-state index is 11.7. The fourth-order valence-electron chi connectivity index (χ4n) is 1.89. The SMILES string of the molecule is Cc1ncsc1CNC(=O)N[C@@H]1C=C[C@H](CO)C1. The summed E-state index contributed by atoms with van der Waals surface area (Å²) in [6.45, 7) is 2.57. The van der Waals surface area contributed by atoms with Crippen LogP contribution in [0, 0.1) is 12.8 Å². The van der Waals surface area contributed by atoms with Gasteiger partial charge in [0.25, 0.3) is 0 Å². The third-order valence-corrected chi connectivity index (χ3v) is 3.91. The van der Waals surface area contributed by atoms with E-state index in [0.29, 0.717) is 6.54 Å². The monoisotopic (exact) mass is 267 g/mol. The molecular weight excluding hydrogens is 250 g/mol. The van der Waals surface area contributed by atoms with E-state index >= 15 is 0 Å². The van der Waals surface area contributed by atoms with Crippen LogP contribution in [0.5, 0.6) is 0 Å². The molecule has 1 aromatic rings. The normalized spacial score (nSPS) is 22.1. The number of hydrogen-bond donors (Lipinski definition) is 3. The molecule has 2 atom stereocenters. The molecule has 6 heteroatoms. The van der Waals surface area contributed by atoms with Crippen LogP contribution in [0.3, 0.4) is 0 Å². The van der Waals surface area contributed by atoms with Crippen molar-refractivity contribution in [2.24, 2.45) is 5.92 Å². The number of carbonyl (C=O) groups excluding carboxylic acids is 1. The zero-order chi connectivity index (χ0) is 13.0. The first-order chi connectivity index (χ1) is 8.69. The van der Waals surface area contributed by atoms with Crippen molar-refractivity contribution in [1.82, 2.24) is 15.6 Å². The van der Waals surface area contributed by atoms with Gasteiger partial charge in [-0.25, -0.2) is 9.78 Å². The average Bonchev–Trinajstić information content (AvgIpc) is 2.96. The molecule has 1 heterocycles. The number of aliphatic hydroxyl groups excluding tert-OH is 1. The summed E-state index contributed by atoms with van der Waals surface area (Å²) in [5.41, 5.74) is 2.73. The van der Waals surface area contributed by atoms with Gasteiger partial charge in [-0.1, -0.05) is 12.2 Å². The van der Waals surface area contributed by atoms with Crippen LogP contribution in [0.25, 0.3) is 0 Å². The number of aliphatic hydroxyl groups is 1. The lowest BCUT2D eigenvalue weighted by Gasteiger charge is -2.13. The van der Waals surface area contributed by atoms with E-state index in [1.165, 1.54) is 11.3 Å². The lowest BCUT2D eigenvalue weighted by Crippen LogP contribution is -2.40. The standard InChI is InChI=1S/C12H17N3O2S/c1-8-11(18-7-14-8)5-13-12(17)15-10-3-2-9(4-10)6-16/h2-3,7,9-10,16H,4-6H2,1H3,(H2,13,15,17)/t9-,10+/m0/s1. The summed E-state index contributed by atoms with van der Waals surface area (Å²) in [4.78, 5) is 16.9. The molecule has 0 radical (unpaired) electrons. The highest BCUT2D eigenvalue weighted by Crippen LogP contribution is 2.16. The molecular formula is C12H17N3O2S. The maximum absolute atomic E-state index is 11.7. The van der Waals surface area contributed by atoms with Crippen LogP contribution in [0.2, 0.25) is 0 Å². The minimum Gasteiger partial charge on any atom is -0.396 e. The Hall–Kier alpha value is -1.40. The zero-order valence-electron chi connectivity index (χ0n) is 10.2. The minimum atomic E-state index is -0.184. The first kappa shape index (κ1) is 13.0. The number of carbonyl (C=O) groups is 1. The predicted octanol–water partition coefficient (Wildman–Crippen LogP) is 1.19. The predicted molar refractivity (Wildman–Crippen MR) is 70.3 cm³/mol. The number of amides is 2. The fourth-order valence-corrected chi connectivity index (χ4v) is 2.61. The van der Waals surface area contributed by atoms with Gasteiger partial charge in [0.05, 0.1) is 17.7 Å². The molecule has 3 N–H and O–H groups in total. The third kappa shape index (κ3) is 3.30. The van der Waals surface area contributed by atoms with Crippen LogP contribution in [0.4, 0.5) is 4.79 Å². The Balaban J connectivity index is 1.73. The van der Waals surface area contributed by atoms with E-state index in [-0.39, 0.29) is 24.6 Å². The molecule has 0 aliphatic heterocycles. The quantitative estimate of drug-likeness (QED) is 0.717. The number of nitrogens with zero attached hydrogens (tertiary/aromatic N) is 1. The number of rotatable bonds is 4. The highest BCUT2D eigenvalue weighted by molar-refractivity contribution is 7.09. The lowest BCUT2D eigenvalue weighted by molar-refractivity contribution is 0.231. The Labute approximate surface area is 110 Å². The number of aryl methyl sites for hydroxylation is 1. The minimum absolute atomic E-state index is 0.0182. The Kier molecular flexibility index (Phi) is 4.33. The van der Waals surface area contributed by atoms with Crippen molar-refractivity contribution >= 4 is 17.4 Å². The number of thiazole rings is 1. The largest absolute Gasteiger partial charge is 0.396 e. The van der Waals surface area contributed by atoms with Crippen molar-refractivity contribution < 1.29 is 9.90 Å². The highest BCUT2D eigenvalue weighted by atomic mass is 32.1. The van der Waals surface area contributed by atoms with Gasteiger partial charge >= 0.3 is 6.03 Å². The van der Waals surface area contributed by atoms with Crippen molar-refractivity contribution in [2.75, 3.05) is 6.61 Å². The Morgan fingerprint density at radius 2 is 2.44 bits per heavy atom. The third-order valence-electron chi connectivity index (χ3n) is 2.98. The van der Waals surface area contributed by atoms with E-state index in [2.05, 4.69) is 15.6 Å². The summed E-state index contributed by atoms with van der Waals surface area (Å²) in [5, 5.41) is 14.7. The second kappa shape index (κ2) is 5.97.